The van der Waals surface area contributed by atoms with E-state index in [4.69, 9.17) is 11.6 Å². The number of alkyl halides is 3. The van der Waals surface area contributed by atoms with Gasteiger partial charge >= 0.3 is 6.61 Å². The maximum absolute atomic E-state index is 12.0. The second kappa shape index (κ2) is 6.91. The molecule has 0 aromatic heterocycles. The van der Waals surface area contributed by atoms with Gasteiger partial charge in [-0.15, -0.1) is 11.6 Å². The molecule has 1 unspecified atom stereocenters. The first-order valence-electron chi connectivity index (χ1n) is 5.43. The summed E-state index contributed by atoms with van der Waals surface area (Å²) in [5.41, 5.74) is 0.167. The molecule has 1 aromatic rings. The summed E-state index contributed by atoms with van der Waals surface area (Å²) in [5.74, 6) is -0.244. The zero-order valence-electron chi connectivity index (χ0n) is 10.1. The van der Waals surface area contributed by atoms with E-state index in [-0.39, 0.29) is 29.0 Å². The van der Waals surface area contributed by atoms with E-state index in [0.29, 0.717) is 0 Å². The van der Waals surface area contributed by atoms with Crippen molar-refractivity contribution in [3.8, 4) is 5.75 Å². The lowest BCUT2D eigenvalue weighted by Crippen LogP contribution is -2.22. The molecule has 1 aromatic carbocycles. The minimum absolute atomic E-state index is 0.111. The van der Waals surface area contributed by atoms with E-state index in [9.17, 15) is 17.2 Å². The Hall–Kier alpha value is -1.08. The number of benzene rings is 1. The second-order valence-corrected chi connectivity index (χ2v) is 6.12. The number of sulfonamides is 1. The van der Waals surface area contributed by atoms with Crippen molar-refractivity contribution in [2.75, 3.05) is 16.4 Å². The number of anilines is 1. The van der Waals surface area contributed by atoms with Gasteiger partial charge < -0.3 is 4.74 Å². The maximum atomic E-state index is 12.0. The van der Waals surface area contributed by atoms with E-state index in [2.05, 4.69) is 9.46 Å². The summed E-state index contributed by atoms with van der Waals surface area (Å²) in [4.78, 5) is 0. The molecule has 0 bridgehead atoms. The Kier molecular flexibility index (Phi) is 5.81. The number of halogens is 3. The lowest BCUT2D eigenvalue weighted by Gasteiger charge is -2.12. The van der Waals surface area contributed by atoms with Gasteiger partial charge in [0, 0.05) is 11.9 Å². The summed E-state index contributed by atoms with van der Waals surface area (Å²) in [5, 5.41) is 0. The Labute approximate surface area is 115 Å². The number of hydrogen-bond acceptors (Lipinski definition) is 3. The smallest absolute Gasteiger partial charge is 0.387 e. The Morgan fingerprint density at radius 3 is 2.68 bits per heavy atom. The molecule has 0 aliphatic rings. The first-order valence-corrected chi connectivity index (χ1v) is 7.62. The maximum Gasteiger partial charge on any atom is 0.387 e. The molecule has 8 heteroatoms. The SMILES string of the molecule is CC(CCl)CS(=O)(=O)Nc1cccc(OC(F)F)c1. The van der Waals surface area contributed by atoms with Gasteiger partial charge in [-0.2, -0.15) is 8.78 Å². The third kappa shape index (κ3) is 6.07. The molecule has 1 atom stereocenters. The summed E-state index contributed by atoms with van der Waals surface area (Å²) < 4.78 is 54.0. The van der Waals surface area contributed by atoms with Crippen LogP contribution in [0, 0.1) is 5.92 Å². The van der Waals surface area contributed by atoms with Crippen LogP contribution in [0.15, 0.2) is 24.3 Å². The standard InChI is InChI=1S/C11H14ClF2NO3S/c1-8(6-12)7-19(16,17)15-9-3-2-4-10(5-9)18-11(13)14/h2-5,8,11,15H,6-7H2,1H3. The zero-order chi connectivity index (χ0) is 14.5. The number of hydrogen-bond donors (Lipinski definition) is 1. The Morgan fingerprint density at radius 1 is 1.42 bits per heavy atom. The minimum Gasteiger partial charge on any atom is -0.435 e. The van der Waals surface area contributed by atoms with Crippen molar-refractivity contribution in [2.45, 2.75) is 13.5 Å². The average molecular weight is 314 g/mol. The molecule has 19 heavy (non-hydrogen) atoms. The topological polar surface area (TPSA) is 55.4 Å². The van der Waals surface area contributed by atoms with Crippen LogP contribution in [0.5, 0.6) is 5.75 Å². The highest BCUT2D eigenvalue weighted by atomic mass is 35.5. The molecule has 0 saturated heterocycles. The van der Waals surface area contributed by atoms with Crippen LogP contribution in [0.3, 0.4) is 0 Å². The fraction of sp³-hybridized carbons (Fsp3) is 0.455. The fourth-order valence-corrected chi connectivity index (χ4v) is 3.05. The van der Waals surface area contributed by atoms with Crippen LogP contribution < -0.4 is 9.46 Å². The van der Waals surface area contributed by atoms with Crippen LogP contribution in [-0.4, -0.2) is 26.7 Å². The van der Waals surface area contributed by atoms with Crippen molar-refractivity contribution in [3.63, 3.8) is 0 Å². The highest BCUT2D eigenvalue weighted by Gasteiger charge is 2.15. The van der Waals surface area contributed by atoms with E-state index >= 15 is 0 Å². The van der Waals surface area contributed by atoms with Gasteiger partial charge in [0.15, 0.2) is 0 Å². The van der Waals surface area contributed by atoms with E-state index in [1.807, 2.05) is 0 Å². The molecular weight excluding hydrogens is 300 g/mol. The van der Waals surface area contributed by atoms with Crippen molar-refractivity contribution in [2.24, 2.45) is 5.92 Å². The lowest BCUT2D eigenvalue weighted by atomic mass is 10.3. The van der Waals surface area contributed by atoms with Gasteiger partial charge in [-0.25, -0.2) is 8.42 Å². The molecule has 0 spiro atoms. The monoisotopic (exact) mass is 313 g/mol. The molecule has 0 saturated carbocycles. The second-order valence-electron chi connectivity index (χ2n) is 4.05. The van der Waals surface area contributed by atoms with Crippen molar-refractivity contribution >= 4 is 27.3 Å². The van der Waals surface area contributed by atoms with Gasteiger partial charge in [0.25, 0.3) is 0 Å². The molecule has 0 radical (unpaired) electrons. The first-order chi connectivity index (χ1) is 8.82. The first kappa shape index (κ1) is 16.0. The van der Waals surface area contributed by atoms with E-state index in [1.54, 1.807) is 6.92 Å². The Morgan fingerprint density at radius 2 is 2.11 bits per heavy atom. The van der Waals surface area contributed by atoms with E-state index < -0.39 is 16.6 Å². The van der Waals surface area contributed by atoms with Crippen molar-refractivity contribution in [1.82, 2.24) is 0 Å². The van der Waals surface area contributed by atoms with E-state index in [1.165, 1.54) is 24.3 Å². The summed E-state index contributed by atoms with van der Waals surface area (Å²) in [6, 6.07) is 5.36. The van der Waals surface area contributed by atoms with Gasteiger partial charge in [-0.3, -0.25) is 4.72 Å². The molecule has 0 aliphatic carbocycles. The van der Waals surface area contributed by atoms with Gasteiger partial charge in [0.2, 0.25) is 10.0 Å². The predicted octanol–water partition coefficient (Wildman–Crippen LogP) is 2.90. The van der Waals surface area contributed by atoms with Gasteiger partial charge in [0.1, 0.15) is 5.75 Å². The molecule has 0 aliphatic heterocycles. The normalized spacial score (nSPS) is 13.3. The number of ether oxygens (including phenoxy) is 1. The number of rotatable bonds is 7. The summed E-state index contributed by atoms with van der Waals surface area (Å²) in [7, 11) is -3.57. The van der Waals surface area contributed by atoms with Crippen molar-refractivity contribution in [1.29, 1.82) is 0 Å². The van der Waals surface area contributed by atoms with Crippen LogP contribution in [0.2, 0.25) is 0 Å². The number of nitrogens with one attached hydrogen (secondary N) is 1. The molecule has 4 nitrogen and oxygen atoms in total. The highest BCUT2D eigenvalue weighted by Crippen LogP contribution is 2.20. The van der Waals surface area contributed by atoms with E-state index in [0.717, 1.165) is 0 Å². The molecule has 1 rings (SSSR count). The molecular formula is C11H14ClF2NO3S. The Bertz CT molecular complexity index is 510. The van der Waals surface area contributed by atoms with Crippen LogP contribution in [0.25, 0.3) is 0 Å². The largest absolute Gasteiger partial charge is 0.435 e. The summed E-state index contributed by atoms with van der Waals surface area (Å²) in [6.07, 6.45) is 0. The van der Waals surface area contributed by atoms with Gasteiger partial charge in [-0.1, -0.05) is 13.0 Å². The summed E-state index contributed by atoms with van der Waals surface area (Å²) >= 11 is 5.55. The molecule has 0 fully saturated rings. The van der Waals surface area contributed by atoms with Crippen LogP contribution in [0.1, 0.15) is 6.92 Å². The Balaban J connectivity index is 2.76. The minimum atomic E-state index is -3.57. The molecule has 108 valence electrons. The quantitative estimate of drug-likeness (QED) is 0.787. The van der Waals surface area contributed by atoms with Crippen LogP contribution in [-0.2, 0) is 10.0 Å². The fourth-order valence-electron chi connectivity index (χ4n) is 1.38. The van der Waals surface area contributed by atoms with Crippen LogP contribution in [0.4, 0.5) is 14.5 Å². The molecule has 0 amide bonds. The highest BCUT2D eigenvalue weighted by molar-refractivity contribution is 7.92. The third-order valence-corrected chi connectivity index (χ3v) is 4.18. The lowest BCUT2D eigenvalue weighted by molar-refractivity contribution is -0.0497. The third-order valence-electron chi connectivity index (χ3n) is 2.10. The molecule has 1 N–H and O–H groups in total. The van der Waals surface area contributed by atoms with Gasteiger partial charge in [-0.05, 0) is 18.1 Å². The molecule has 0 heterocycles. The van der Waals surface area contributed by atoms with Crippen molar-refractivity contribution in [3.05, 3.63) is 24.3 Å². The summed E-state index contributed by atoms with van der Waals surface area (Å²) in [6.45, 7) is -1.26. The van der Waals surface area contributed by atoms with Gasteiger partial charge in [0.05, 0.1) is 11.4 Å². The average Bonchev–Trinajstić information content (AvgIpc) is 2.26. The zero-order valence-corrected chi connectivity index (χ0v) is 11.7. The van der Waals surface area contributed by atoms with Crippen molar-refractivity contribution < 1.29 is 21.9 Å². The predicted molar refractivity (Wildman–Crippen MR) is 70.4 cm³/mol. The van der Waals surface area contributed by atoms with Crippen LogP contribution >= 0.6 is 11.6 Å².